The average Bonchev–Trinajstić information content (AvgIpc) is 2.29. The van der Waals surface area contributed by atoms with Crippen LogP contribution in [0.5, 0.6) is 0 Å². The summed E-state index contributed by atoms with van der Waals surface area (Å²) in [6.45, 7) is 9.18. The van der Waals surface area contributed by atoms with Crippen molar-refractivity contribution in [2.45, 2.75) is 78.7 Å². The van der Waals surface area contributed by atoms with E-state index in [1.54, 1.807) is 0 Å². The van der Waals surface area contributed by atoms with Gasteiger partial charge in [0.25, 0.3) is 0 Å². The third-order valence-corrected chi connectivity index (χ3v) is 4.68. The Morgan fingerprint density at radius 1 is 1.07 bits per heavy atom. The summed E-state index contributed by atoms with van der Waals surface area (Å²) in [7, 11) is 0.876. The molecule has 1 nitrogen and oxygen atoms in total. The van der Waals surface area contributed by atoms with E-state index in [4.69, 9.17) is 4.43 Å². The first-order valence-electron chi connectivity index (χ1n) is 6.69. The monoisotopic (exact) mass is 230 g/mol. The summed E-state index contributed by atoms with van der Waals surface area (Å²) in [4.78, 5) is 0. The van der Waals surface area contributed by atoms with Crippen molar-refractivity contribution in [1.82, 2.24) is 0 Å². The van der Waals surface area contributed by atoms with Crippen molar-refractivity contribution in [1.29, 1.82) is 0 Å². The molecule has 0 spiro atoms. The Morgan fingerprint density at radius 3 is 1.80 bits per heavy atom. The third-order valence-electron chi connectivity index (χ3n) is 3.98. The van der Waals surface area contributed by atoms with Crippen molar-refractivity contribution in [2.24, 2.45) is 5.41 Å². The first-order valence-corrected chi connectivity index (χ1v) is 7.51. The van der Waals surface area contributed by atoms with Crippen LogP contribution in [0.3, 0.4) is 0 Å². The quantitative estimate of drug-likeness (QED) is 0.551. The molecular weight excluding hydrogens is 200 g/mol. The average molecular weight is 230 g/mol. The second-order valence-corrected chi connectivity index (χ2v) is 5.27. The van der Waals surface area contributed by atoms with Crippen LogP contribution >= 0.6 is 0 Å². The molecule has 0 fully saturated rings. The fraction of sp³-hybridized carbons (Fsp3) is 1.00. The van der Waals surface area contributed by atoms with Gasteiger partial charge in [0.05, 0.1) is 0 Å². The Labute approximate surface area is 99.5 Å². The second-order valence-electron chi connectivity index (χ2n) is 4.80. The third kappa shape index (κ3) is 4.69. The Balaban J connectivity index is 4.43. The highest BCUT2D eigenvalue weighted by Crippen LogP contribution is 2.39. The molecular formula is C13H30OSi. The minimum absolute atomic E-state index is 0.465. The normalized spacial score (nSPS) is 14.4. The van der Waals surface area contributed by atoms with Crippen LogP contribution in [-0.4, -0.2) is 16.6 Å². The summed E-state index contributed by atoms with van der Waals surface area (Å²) in [5.41, 5.74) is 0.466. The summed E-state index contributed by atoms with van der Waals surface area (Å²) in [5.74, 6) is 0. The van der Waals surface area contributed by atoms with Crippen molar-refractivity contribution < 1.29 is 4.43 Å². The molecule has 2 heteroatoms. The van der Waals surface area contributed by atoms with E-state index in [1.807, 2.05) is 0 Å². The molecule has 0 aliphatic heterocycles. The van der Waals surface area contributed by atoms with Gasteiger partial charge in [0.1, 0.15) is 10.5 Å². The van der Waals surface area contributed by atoms with Crippen LogP contribution in [0.2, 0.25) is 0 Å². The van der Waals surface area contributed by atoms with E-state index < -0.39 is 0 Å². The van der Waals surface area contributed by atoms with Gasteiger partial charge in [0.2, 0.25) is 0 Å². The highest BCUT2D eigenvalue weighted by atomic mass is 28.2. The lowest BCUT2D eigenvalue weighted by Gasteiger charge is -2.38. The molecule has 0 aromatic heterocycles. The van der Waals surface area contributed by atoms with Gasteiger partial charge in [0, 0.05) is 6.10 Å². The predicted molar refractivity (Wildman–Crippen MR) is 72.3 cm³/mol. The SMILES string of the molecule is CCCCC(CC)(CCCC)C(C)O[SiH3]. The fourth-order valence-corrected chi connectivity index (χ4v) is 2.98. The molecule has 0 saturated heterocycles. The van der Waals surface area contributed by atoms with Crippen molar-refractivity contribution >= 4 is 10.5 Å². The number of hydrogen-bond donors (Lipinski definition) is 0. The molecule has 0 amide bonds. The second kappa shape index (κ2) is 8.34. The number of unbranched alkanes of at least 4 members (excludes halogenated alkanes) is 2. The van der Waals surface area contributed by atoms with Crippen LogP contribution in [0.1, 0.15) is 72.6 Å². The highest BCUT2D eigenvalue weighted by Gasteiger charge is 2.32. The van der Waals surface area contributed by atoms with Crippen molar-refractivity contribution in [3.8, 4) is 0 Å². The lowest BCUT2D eigenvalue weighted by Crippen LogP contribution is -2.34. The van der Waals surface area contributed by atoms with Crippen LogP contribution in [0.25, 0.3) is 0 Å². The van der Waals surface area contributed by atoms with Gasteiger partial charge in [-0.1, -0.05) is 46.5 Å². The zero-order chi connectivity index (χ0) is 11.7. The van der Waals surface area contributed by atoms with Gasteiger partial charge in [-0.3, -0.25) is 0 Å². The zero-order valence-corrected chi connectivity index (χ0v) is 13.4. The van der Waals surface area contributed by atoms with E-state index in [9.17, 15) is 0 Å². The van der Waals surface area contributed by atoms with Crippen molar-refractivity contribution in [3.05, 3.63) is 0 Å². The lowest BCUT2D eigenvalue weighted by molar-refractivity contribution is 0.0423. The molecule has 15 heavy (non-hydrogen) atoms. The minimum Gasteiger partial charge on any atom is -0.425 e. The maximum atomic E-state index is 5.74. The molecule has 0 aromatic carbocycles. The van der Waals surface area contributed by atoms with E-state index in [0.717, 1.165) is 10.5 Å². The molecule has 92 valence electrons. The first-order chi connectivity index (χ1) is 7.16. The minimum atomic E-state index is 0.465. The molecule has 0 saturated carbocycles. The Hall–Kier alpha value is 0.177. The van der Waals surface area contributed by atoms with Crippen LogP contribution < -0.4 is 0 Å². The standard InChI is InChI=1S/C13H30OSi/c1-5-8-10-13(7-3,11-9-6-2)12(4)14-15/h12H,5-11H2,1-4,15H3. The van der Waals surface area contributed by atoms with Crippen LogP contribution in [-0.2, 0) is 4.43 Å². The molecule has 0 bridgehead atoms. The van der Waals surface area contributed by atoms with Crippen LogP contribution in [0.15, 0.2) is 0 Å². The Bertz CT molecular complexity index is 139. The van der Waals surface area contributed by atoms with Gasteiger partial charge in [-0.2, -0.15) is 0 Å². The zero-order valence-electron chi connectivity index (χ0n) is 11.4. The van der Waals surface area contributed by atoms with Crippen LogP contribution in [0, 0.1) is 5.41 Å². The highest BCUT2D eigenvalue weighted by molar-refractivity contribution is 5.98. The van der Waals surface area contributed by atoms with Gasteiger partial charge in [-0.05, 0) is 31.6 Å². The molecule has 0 aliphatic rings. The Morgan fingerprint density at radius 2 is 1.53 bits per heavy atom. The predicted octanol–water partition coefficient (Wildman–Crippen LogP) is 3.45. The summed E-state index contributed by atoms with van der Waals surface area (Å²) >= 11 is 0. The van der Waals surface area contributed by atoms with E-state index in [1.165, 1.54) is 44.9 Å². The van der Waals surface area contributed by atoms with Gasteiger partial charge in [0.15, 0.2) is 0 Å². The maximum Gasteiger partial charge on any atom is 0.146 e. The van der Waals surface area contributed by atoms with Crippen molar-refractivity contribution in [2.75, 3.05) is 0 Å². The van der Waals surface area contributed by atoms with Gasteiger partial charge < -0.3 is 4.43 Å². The summed E-state index contributed by atoms with van der Waals surface area (Å²) in [5, 5.41) is 0. The van der Waals surface area contributed by atoms with E-state index in [0.29, 0.717) is 11.5 Å². The molecule has 0 aromatic rings. The van der Waals surface area contributed by atoms with E-state index in [2.05, 4.69) is 27.7 Å². The molecule has 0 N–H and O–H groups in total. The van der Waals surface area contributed by atoms with E-state index >= 15 is 0 Å². The largest absolute Gasteiger partial charge is 0.425 e. The molecule has 0 radical (unpaired) electrons. The van der Waals surface area contributed by atoms with Crippen LogP contribution in [0.4, 0.5) is 0 Å². The first kappa shape index (κ1) is 15.2. The molecule has 0 aliphatic carbocycles. The Kier molecular flexibility index (Phi) is 8.44. The summed E-state index contributed by atoms with van der Waals surface area (Å²) < 4.78 is 5.74. The van der Waals surface area contributed by atoms with E-state index in [-0.39, 0.29) is 0 Å². The molecule has 0 heterocycles. The smallest absolute Gasteiger partial charge is 0.146 e. The topological polar surface area (TPSA) is 9.23 Å². The van der Waals surface area contributed by atoms with Crippen molar-refractivity contribution in [3.63, 3.8) is 0 Å². The van der Waals surface area contributed by atoms with Gasteiger partial charge in [-0.15, -0.1) is 0 Å². The molecule has 1 unspecified atom stereocenters. The maximum absolute atomic E-state index is 5.74. The summed E-state index contributed by atoms with van der Waals surface area (Å²) in [6, 6.07) is 0. The number of rotatable bonds is 9. The lowest BCUT2D eigenvalue weighted by atomic mass is 9.72. The summed E-state index contributed by atoms with van der Waals surface area (Å²) in [6.07, 6.45) is 9.76. The molecule has 0 rings (SSSR count). The van der Waals surface area contributed by atoms with Gasteiger partial charge >= 0.3 is 0 Å². The fourth-order valence-electron chi connectivity index (χ4n) is 2.48. The van der Waals surface area contributed by atoms with Gasteiger partial charge in [-0.25, -0.2) is 0 Å². The number of hydrogen-bond acceptors (Lipinski definition) is 1. The molecule has 1 atom stereocenters.